The Hall–Kier alpha value is -2.90. The number of hydrogen-bond acceptors (Lipinski definition) is 4. The van der Waals surface area contributed by atoms with Crippen LogP contribution in [-0.2, 0) is 27.7 Å². The second kappa shape index (κ2) is 8.22. The zero-order valence-corrected chi connectivity index (χ0v) is 18.8. The van der Waals surface area contributed by atoms with Crippen molar-refractivity contribution >= 4 is 32.4 Å². The molecule has 3 aromatic rings. The quantitative estimate of drug-likeness (QED) is 0.638. The Kier molecular flexibility index (Phi) is 5.39. The van der Waals surface area contributed by atoms with Gasteiger partial charge in [-0.3, -0.25) is 4.79 Å². The van der Waals surface area contributed by atoms with E-state index in [1.54, 1.807) is 31.4 Å². The molecule has 0 bridgehead atoms. The minimum absolute atomic E-state index is 0.0369. The van der Waals surface area contributed by atoms with Crippen LogP contribution in [0.2, 0.25) is 0 Å². The summed E-state index contributed by atoms with van der Waals surface area (Å²) < 4.78 is 32.5. The number of ether oxygens (including phenoxy) is 1. The molecule has 6 nitrogen and oxygen atoms in total. The van der Waals surface area contributed by atoms with Gasteiger partial charge in [0.2, 0.25) is 15.9 Å². The zero-order chi connectivity index (χ0) is 22.3. The molecule has 1 saturated heterocycles. The molecule has 0 atom stereocenters. The normalized spacial score (nSPS) is 16.9. The van der Waals surface area contributed by atoms with Crippen LogP contribution in [0.1, 0.15) is 24.0 Å². The predicted octanol–water partition coefficient (Wildman–Crippen LogP) is 3.99. The molecule has 166 valence electrons. The van der Waals surface area contributed by atoms with Gasteiger partial charge < -0.3 is 10.1 Å². The maximum atomic E-state index is 13.0. The van der Waals surface area contributed by atoms with E-state index in [1.807, 2.05) is 12.1 Å². The van der Waals surface area contributed by atoms with E-state index in [9.17, 15) is 13.2 Å². The third kappa shape index (κ3) is 3.65. The molecular weight excluding hydrogens is 424 g/mol. The summed E-state index contributed by atoms with van der Waals surface area (Å²) >= 11 is 0. The highest BCUT2D eigenvalue weighted by atomic mass is 32.2. The van der Waals surface area contributed by atoms with Gasteiger partial charge in [0.15, 0.2) is 0 Å². The first-order valence-corrected chi connectivity index (χ1v) is 12.4. The van der Waals surface area contributed by atoms with Crippen molar-refractivity contribution in [2.75, 3.05) is 25.5 Å². The summed E-state index contributed by atoms with van der Waals surface area (Å²) in [6, 6.07) is 16.8. The number of hydrogen-bond donors (Lipinski definition) is 1. The van der Waals surface area contributed by atoms with Gasteiger partial charge in [0.1, 0.15) is 5.75 Å². The van der Waals surface area contributed by atoms with E-state index < -0.39 is 10.0 Å². The van der Waals surface area contributed by atoms with Gasteiger partial charge in [-0.05, 0) is 72.5 Å². The fourth-order valence-corrected chi connectivity index (χ4v) is 6.32. The lowest BCUT2D eigenvalue weighted by atomic mass is 9.96. The number of amides is 1. The molecule has 5 rings (SSSR count). The summed E-state index contributed by atoms with van der Waals surface area (Å²) in [5.41, 5.74) is 3.52. The molecule has 3 aromatic carbocycles. The number of carbonyl (C=O) groups is 1. The smallest absolute Gasteiger partial charge is 0.243 e. The van der Waals surface area contributed by atoms with Gasteiger partial charge >= 0.3 is 0 Å². The molecule has 1 heterocycles. The molecule has 1 fully saturated rings. The maximum Gasteiger partial charge on any atom is 0.243 e. The molecule has 0 radical (unpaired) electrons. The third-order valence-electron chi connectivity index (χ3n) is 6.66. The number of carbonyl (C=O) groups excluding carboxylic acids is 1. The lowest BCUT2D eigenvalue weighted by Crippen LogP contribution is -2.41. The number of aryl methyl sites for hydroxylation is 2. The predicted molar refractivity (Wildman–Crippen MR) is 124 cm³/mol. The molecule has 1 N–H and O–H groups in total. The van der Waals surface area contributed by atoms with Crippen molar-refractivity contribution in [3.8, 4) is 5.75 Å². The van der Waals surface area contributed by atoms with E-state index in [0.29, 0.717) is 31.7 Å². The van der Waals surface area contributed by atoms with Crippen LogP contribution in [0.3, 0.4) is 0 Å². The molecule has 7 heteroatoms. The highest BCUT2D eigenvalue weighted by Crippen LogP contribution is 2.35. The van der Waals surface area contributed by atoms with Gasteiger partial charge in [-0.25, -0.2) is 8.42 Å². The molecule has 1 aliphatic heterocycles. The number of anilines is 1. The van der Waals surface area contributed by atoms with E-state index in [-0.39, 0.29) is 16.7 Å². The van der Waals surface area contributed by atoms with Crippen LogP contribution in [-0.4, -0.2) is 38.8 Å². The van der Waals surface area contributed by atoms with Crippen molar-refractivity contribution in [2.45, 2.75) is 30.6 Å². The SMILES string of the molecule is COc1ccc(S(=O)(=O)N2CCC(C(=O)Nc3ccc4c5c(cccc35)CC4)CC2)cc1. The summed E-state index contributed by atoms with van der Waals surface area (Å²) in [6.45, 7) is 0.659. The third-order valence-corrected chi connectivity index (χ3v) is 8.57. The topological polar surface area (TPSA) is 75.7 Å². The van der Waals surface area contributed by atoms with Crippen molar-refractivity contribution < 1.29 is 17.9 Å². The number of rotatable bonds is 5. The van der Waals surface area contributed by atoms with Crippen LogP contribution in [0.5, 0.6) is 5.75 Å². The van der Waals surface area contributed by atoms with Crippen LogP contribution in [0.4, 0.5) is 5.69 Å². The average molecular weight is 451 g/mol. The lowest BCUT2D eigenvalue weighted by molar-refractivity contribution is -0.120. The molecule has 1 aliphatic carbocycles. The number of sulfonamides is 1. The molecule has 0 spiro atoms. The summed E-state index contributed by atoms with van der Waals surface area (Å²) in [7, 11) is -2.04. The molecular formula is C25H26N2O4S. The summed E-state index contributed by atoms with van der Waals surface area (Å²) in [5.74, 6) is 0.368. The summed E-state index contributed by atoms with van der Waals surface area (Å²) in [5, 5.41) is 5.47. The maximum absolute atomic E-state index is 13.0. The lowest BCUT2D eigenvalue weighted by Gasteiger charge is -2.30. The van der Waals surface area contributed by atoms with E-state index in [2.05, 4.69) is 23.5 Å². The number of piperidine rings is 1. The molecule has 0 unspecified atom stereocenters. The van der Waals surface area contributed by atoms with E-state index in [4.69, 9.17) is 4.74 Å². The van der Waals surface area contributed by atoms with Crippen molar-refractivity contribution in [3.63, 3.8) is 0 Å². The van der Waals surface area contributed by atoms with E-state index in [0.717, 1.165) is 23.9 Å². The monoisotopic (exact) mass is 450 g/mol. The van der Waals surface area contributed by atoms with Gasteiger partial charge in [0, 0.05) is 30.1 Å². The Balaban J connectivity index is 1.27. The minimum atomic E-state index is -3.58. The van der Waals surface area contributed by atoms with Crippen LogP contribution in [0.25, 0.3) is 10.8 Å². The highest BCUT2D eigenvalue weighted by molar-refractivity contribution is 7.89. The first-order chi connectivity index (χ1) is 15.5. The van der Waals surface area contributed by atoms with Crippen LogP contribution in [0.15, 0.2) is 59.5 Å². The Morgan fingerprint density at radius 2 is 1.66 bits per heavy atom. The largest absolute Gasteiger partial charge is 0.497 e. The van der Waals surface area contributed by atoms with Gasteiger partial charge in [0.05, 0.1) is 12.0 Å². The second-order valence-corrected chi connectivity index (χ2v) is 10.4. The standard InChI is InChI=1S/C25H26N2O4S/c1-31-20-8-10-21(11-9-20)32(29,30)27-15-13-19(14-16-27)25(28)26-23-12-7-18-6-5-17-3-2-4-22(23)24(17)18/h2-4,7-12,19H,5-6,13-16H2,1H3,(H,26,28). The zero-order valence-electron chi connectivity index (χ0n) is 18.0. The van der Waals surface area contributed by atoms with Crippen molar-refractivity contribution in [3.05, 3.63) is 65.7 Å². The van der Waals surface area contributed by atoms with Crippen molar-refractivity contribution in [1.82, 2.24) is 4.31 Å². The molecule has 2 aliphatic rings. The van der Waals surface area contributed by atoms with Gasteiger partial charge in [-0.2, -0.15) is 4.31 Å². The first kappa shape index (κ1) is 21.0. The van der Waals surface area contributed by atoms with E-state index >= 15 is 0 Å². The Morgan fingerprint density at radius 1 is 0.969 bits per heavy atom. The van der Waals surface area contributed by atoms with Crippen LogP contribution >= 0.6 is 0 Å². The fraction of sp³-hybridized carbons (Fsp3) is 0.320. The van der Waals surface area contributed by atoms with Crippen LogP contribution in [0, 0.1) is 5.92 Å². The van der Waals surface area contributed by atoms with Gasteiger partial charge in [-0.15, -0.1) is 0 Å². The molecule has 32 heavy (non-hydrogen) atoms. The second-order valence-electron chi connectivity index (χ2n) is 8.46. The highest BCUT2D eigenvalue weighted by Gasteiger charge is 2.32. The van der Waals surface area contributed by atoms with Crippen molar-refractivity contribution in [1.29, 1.82) is 0 Å². The Morgan fingerprint density at radius 3 is 2.34 bits per heavy atom. The van der Waals surface area contributed by atoms with Crippen LogP contribution < -0.4 is 10.1 Å². The minimum Gasteiger partial charge on any atom is -0.497 e. The van der Waals surface area contributed by atoms with Crippen molar-refractivity contribution in [2.24, 2.45) is 5.92 Å². The Labute approximate surface area is 188 Å². The number of nitrogens with one attached hydrogen (secondary N) is 1. The van der Waals surface area contributed by atoms with E-state index in [1.165, 1.54) is 20.8 Å². The van der Waals surface area contributed by atoms with Gasteiger partial charge in [0.25, 0.3) is 0 Å². The number of methoxy groups -OCH3 is 1. The Bertz CT molecular complexity index is 1270. The first-order valence-electron chi connectivity index (χ1n) is 11.0. The summed E-state index contributed by atoms with van der Waals surface area (Å²) in [6.07, 6.45) is 3.10. The average Bonchev–Trinajstić information content (AvgIpc) is 3.25. The molecule has 1 amide bonds. The van der Waals surface area contributed by atoms with Gasteiger partial charge in [-0.1, -0.05) is 24.3 Å². The number of benzene rings is 3. The summed E-state index contributed by atoms with van der Waals surface area (Å²) in [4.78, 5) is 13.2. The number of nitrogens with zero attached hydrogens (tertiary/aromatic N) is 1. The fourth-order valence-electron chi connectivity index (χ4n) is 4.85. The molecule has 0 aromatic heterocycles. The molecule has 0 saturated carbocycles.